The molecule has 2 rings (SSSR count). The Labute approximate surface area is 121 Å². The molecule has 0 bridgehead atoms. The third-order valence-corrected chi connectivity index (χ3v) is 3.24. The number of carboxylic acid groups (broad SMARTS) is 1. The van der Waals surface area contributed by atoms with E-state index < -0.39 is 6.09 Å². The van der Waals surface area contributed by atoms with Crippen molar-refractivity contribution < 1.29 is 9.90 Å². The largest absolute Gasteiger partial charge is 0.464 e. The molecule has 19 heavy (non-hydrogen) atoms. The number of benzene rings is 2. The van der Waals surface area contributed by atoms with Gasteiger partial charge in [0.1, 0.15) is 0 Å². The zero-order chi connectivity index (χ0) is 14.0. The van der Waals surface area contributed by atoms with Crippen LogP contribution < -0.4 is 4.90 Å². The molecule has 0 heterocycles. The van der Waals surface area contributed by atoms with Crippen molar-refractivity contribution in [3.63, 3.8) is 0 Å². The first-order chi connectivity index (χ1) is 9.00. The number of halogens is 2. The van der Waals surface area contributed by atoms with Crippen LogP contribution in [0.15, 0.2) is 42.5 Å². The molecule has 0 aromatic heterocycles. The number of anilines is 2. The molecule has 2 aromatic carbocycles. The zero-order valence-electron chi connectivity index (χ0n) is 10.1. The summed E-state index contributed by atoms with van der Waals surface area (Å²) in [5, 5.41) is 10.2. The third kappa shape index (κ3) is 2.83. The maximum atomic E-state index is 11.5. The molecule has 0 fully saturated rings. The van der Waals surface area contributed by atoms with E-state index in [-0.39, 0.29) is 5.02 Å². The molecule has 0 aliphatic carbocycles. The average molecular weight is 296 g/mol. The van der Waals surface area contributed by atoms with E-state index in [2.05, 4.69) is 0 Å². The van der Waals surface area contributed by atoms with Gasteiger partial charge in [0.2, 0.25) is 0 Å². The van der Waals surface area contributed by atoms with Crippen molar-refractivity contribution in [3.8, 4) is 0 Å². The predicted molar refractivity (Wildman–Crippen MR) is 77.8 cm³/mol. The van der Waals surface area contributed by atoms with Gasteiger partial charge in [-0.05, 0) is 36.8 Å². The summed E-state index contributed by atoms with van der Waals surface area (Å²) >= 11 is 11.9. The maximum absolute atomic E-state index is 11.5. The summed E-state index contributed by atoms with van der Waals surface area (Å²) in [6.07, 6.45) is -1.10. The highest BCUT2D eigenvalue weighted by Gasteiger charge is 2.20. The average Bonchev–Trinajstić information content (AvgIpc) is 2.34. The van der Waals surface area contributed by atoms with Crippen LogP contribution in [0.3, 0.4) is 0 Å². The summed E-state index contributed by atoms with van der Waals surface area (Å²) in [4.78, 5) is 12.7. The number of hydrogen-bond donors (Lipinski definition) is 1. The monoisotopic (exact) mass is 295 g/mol. The number of hydrogen-bond acceptors (Lipinski definition) is 1. The first-order valence-electron chi connectivity index (χ1n) is 5.54. The highest BCUT2D eigenvalue weighted by atomic mass is 35.5. The van der Waals surface area contributed by atoms with E-state index in [1.165, 1.54) is 6.07 Å². The van der Waals surface area contributed by atoms with Gasteiger partial charge in [-0.1, -0.05) is 41.4 Å². The summed E-state index contributed by atoms with van der Waals surface area (Å²) in [6.45, 7) is 1.84. The van der Waals surface area contributed by atoms with Gasteiger partial charge in [-0.25, -0.2) is 9.69 Å². The first-order valence-corrected chi connectivity index (χ1v) is 6.30. The lowest BCUT2D eigenvalue weighted by atomic mass is 10.1. The Bertz CT molecular complexity index is 629. The highest BCUT2D eigenvalue weighted by Crippen LogP contribution is 2.35. The maximum Gasteiger partial charge on any atom is 0.416 e. The molecule has 0 unspecified atom stereocenters. The predicted octanol–water partition coefficient (Wildman–Crippen LogP) is 5.12. The number of aryl methyl sites for hydroxylation is 1. The molecule has 0 saturated carbocycles. The fraction of sp³-hybridized carbons (Fsp3) is 0.0714. The Morgan fingerprint density at radius 3 is 2.37 bits per heavy atom. The molecule has 0 radical (unpaired) electrons. The second kappa shape index (κ2) is 5.51. The first kappa shape index (κ1) is 13.7. The molecule has 0 saturated heterocycles. The molecule has 0 spiro atoms. The molecule has 5 heteroatoms. The van der Waals surface area contributed by atoms with Gasteiger partial charge in [-0.2, -0.15) is 0 Å². The topological polar surface area (TPSA) is 40.5 Å². The van der Waals surface area contributed by atoms with E-state index in [1.54, 1.807) is 24.3 Å². The normalized spacial score (nSPS) is 10.3. The van der Waals surface area contributed by atoms with Gasteiger partial charge in [0, 0.05) is 5.02 Å². The molecule has 1 N–H and O–H groups in total. The van der Waals surface area contributed by atoms with Crippen LogP contribution >= 0.6 is 23.2 Å². The van der Waals surface area contributed by atoms with Crippen LogP contribution in [0.4, 0.5) is 16.2 Å². The van der Waals surface area contributed by atoms with Crippen molar-refractivity contribution in [3.05, 3.63) is 58.1 Å². The van der Waals surface area contributed by atoms with Crippen LogP contribution in [-0.2, 0) is 0 Å². The fourth-order valence-corrected chi connectivity index (χ4v) is 2.31. The van der Waals surface area contributed by atoms with Crippen LogP contribution in [0.1, 0.15) is 5.56 Å². The lowest BCUT2D eigenvalue weighted by Crippen LogP contribution is -2.24. The van der Waals surface area contributed by atoms with Crippen molar-refractivity contribution in [2.45, 2.75) is 6.92 Å². The number of nitrogens with zero attached hydrogens (tertiary/aromatic N) is 1. The molecule has 0 atom stereocenters. The number of amides is 1. The van der Waals surface area contributed by atoms with Crippen molar-refractivity contribution in [2.75, 3.05) is 4.90 Å². The quantitative estimate of drug-likeness (QED) is 0.835. The van der Waals surface area contributed by atoms with E-state index in [0.717, 1.165) is 10.5 Å². The fourth-order valence-electron chi connectivity index (χ4n) is 1.81. The van der Waals surface area contributed by atoms with Gasteiger partial charge in [-0.15, -0.1) is 0 Å². The number of rotatable bonds is 2. The summed E-state index contributed by atoms with van der Waals surface area (Å²) in [5.74, 6) is 0. The minimum atomic E-state index is -1.10. The summed E-state index contributed by atoms with van der Waals surface area (Å²) in [7, 11) is 0. The van der Waals surface area contributed by atoms with Crippen LogP contribution in [-0.4, -0.2) is 11.2 Å². The van der Waals surface area contributed by atoms with Gasteiger partial charge in [0.05, 0.1) is 16.4 Å². The molecular formula is C14H11Cl2NO2. The van der Waals surface area contributed by atoms with Crippen LogP contribution in [0.2, 0.25) is 10.0 Å². The standard InChI is InChI=1S/C14H11Cl2NO2/c1-9-4-2-3-5-12(9)17(14(18)19)13-7-6-10(15)8-11(13)16/h2-8H,1H3,(H,18,19). The summed E-state index contributed by atoms with van der Waals surface area (Å²) in [6, 6.07) is 11.9. The van der Waals surface area contributed by atoms with Crippen molar-refractivity contribution >= 4 is 40.7 Å². The van der Waals surface area contributed by atoms with Gasteiger partial charge >= 0.3 is 6.09 Å². The summed E-state index contributed by atoms with van der Waals surface area (Å²) in [5.41, 5.74) is 1.79. The van der Waals surface area contributed by atoms with E-state index in [0.29, 0.717) is 16.4 Å². The number of para-hydroxylation sites is 1. The Hall–Kier alpha value is -1.71. The van der Waals surface area contributed by atoms with Crippen molar-refractivity contribution in [2.24, 2.45) is 0 Å². The van der Waals surface area contributed by atoms with Gasteiger partial charge in [0.25, 0.3) is 0 Å². The number of carbonyl (C=O) groups is 1. The van der Waals surface area contributed by atoms with Gasteiger partial charge in [-0.3, -0.25) is 0 Å². The van der Waals surface area contributed by atoms with E-state index in [4.69, 9.17) is 23.2 Å². The lowest BCUT2D eigenvalue weighted by molar-refractivity contribution is 0.204. The smallest absolute Gasteiger partial charge is 0.416 e. The summed E-state index contributed by atoms with van der Waals surface area (Å²) < 4.78 is 0. The van der Waals surface area contributed by atoms with E-state index in [9.17, 15) is 9.90 Å². The molecular weight excluding hydrogens is 285 g/mol. The van der Waals surface area contributed by atoms with E-state index in [1.807, 2.05) is 19.1 Å². The molecule has 0 aliphatic heterocycles. The third-order valence-electron chi connectivity index (χ3n) is 2.70. The van der Waals surface area contributed by atoms with Crippen LogP contribution in [0.5, 0.6) is 0 Å². The molecule has 3 nitrogen and oxygen atoms in total. The van der Waals surface area contributed by atoms with Crippen molar-refractivity contribution in [1.29, 1.82) is 0 Å². The Kier molecular flexibility index (Phi) is 3.98. The highest BCUT2D eigenvalue weighted by molar-refractivity contribution is 6.37. The lowest BCUT2D eigenvalue weighted by Gasteiger charge is -2.22. The second-order valence-electron chi connectivity index (χ2n) is 4.00. The Morgan fingerprint density at radius 2 is 1.79 bits per heavy atom. The minimum Gasteiger partial charge on any atom is -0.464 e. The molecule has 98 valence electrons. The molecule has 0 aliphatic rings. The minimum absolute atomic E-state index is 0.290. The van der Waals surface area contributed by atoms with Gasteiger partial charge < -0.3 is 5.11 Å². The van der Waals surface area contributed by atoms with Crippen LogP contribution in [0.25, 0.3) is 0 Å². The Balaban J connectivity index is 2.59. The second-order valence-corrected chi connectivity index (χ2v) is 4.84. The van der Waals surface area contributed by atoms with E-state index >= 15 is 0 Å². The SMILES string of the molecule is Cc1ccccc1N(C(=O)O)c1ccc(Cl)cc1Cl. The molecule has 1 amide bonds. The Morgan fingerprint density at radius 1 is 1.11 bits per heavy atom. The van der Waals surface area contributed by atoms with Crippen LogP contribution in [0, 0.1) is 6.92 Å². The zero-order valence-corrected chi connectivity index (χ0v) is 11.6. The molecule has 2 aromatic rings. The van der Waals surface area contributed by atoms with Crippen molar-refractivity contribution in [1.82, 2.24) is 0 Å². The van der Waals surface area contributed by atoms with Gasteiger partial charge in [0.15, 0.2) is 0 Å².